The van der Waals surface area contributed by atoms with E-state index < -0.39 is 0 Å². The number of rotatable bonds is 5. The molecule has 3 N–H and O–H groups in total. The van der Waals surface area contributed by atoms with Crippen LogP contribution in [0.1, 0.15) is 28.4 Å². The van der Waals surface area contributed by atoms with E-state index in [0.29, 0.717) is 12.1 Å². The largest absolute Gasteiger partial charge is 0.507 e. The number of aryl methyl sites for hydroxylation is 1. The Labute approximate surface area is 149 Å². The molecule has 0 aliphatic carbocycles. The second-order valence-corrected chi connectivity index (χ2v) is 6.48. The van der Waals surface area contributed by atoms with E-state index >= 15 is 0 Å². The van der Waals surface area contributed by atoms with Crippen molar-refractivity contribution in [3.8, 4) is 11.5 Å². The highest BCUT2D eigenvalue weighted by molar-refractivity contribution is 9.10. The number of nitrogens with one attached hydrogen (secondary N) is 1. The second-order valence-electron chi connectivity index (χ2n) is 5.56. The van der Waals surface area contributed by atoms with Gasteiger partial charge in [-0.25, -0.2) is 0 Å². The second kappa shape index (κ2) is 7.97. The van der Waals surface area contributed by atoms with Crippen molar-refractivity contribution in [3.63, 3.8) is 0 Å². The predicted octanol–water partition coefficient (Wildman–Crippen LogP) is 3.41. The zero-order chi connectivity index (χ0) is 17.7. The van der Waals surface area contributed by atoms with Crippen LogP contribution in [0.25, 0.3) is 0 Å². The minimum absolute atomic E-state index is 0.0392. The number of aromatic hydroxyl groups is 2. The first-order valence-electron chi connectivity index (χ1n) is 7.46. The lowest BCUT2D eigenvalue weighted by Gasteiger charge is -2.10. The number of hydrogen-bond donors (Lipinski definition) is 3. The van der Waals surface area contributed by atoms with Crippen molar-refractivity contribution in [1.82, 2.24) is 5.32 Å². The zero-order valence-corrected chi connectivity index (χ0v) is 15.0. The molecular formula is C18H19BrN2O3. The standard InChI is InChI=1S/C18H19BrN2O3/c1-11-3-5-15(17(23)7-11)18(24)21-9-12(2)20-10-13-8-14(19)4-6-16(13)22/h3-8,10,12,22-23H,9H2,1-2H3,(H,21,24). The fourth-order valence-corrected chi connectivity index (χ4v) is 2.44. The first kappa shape index (κ1) is 18.0. The fourth-order valence-electron chi connectivity index (χ4n) is 2.06. The molecule has 0 heterocycles. The summed E-state index contributed by atoms with van der Waals surface area (Å²) in [6.07, 6.45) is 1.57. The van der Waals surface area contributed by atoms with E-state index in [1.807, 2.05) is 13.8 Å². The van der Waals surface area contributed by atoms with Gasteiger partial charge in [0, 0.05) is 22.8 Å². The Morgan fingerprint density at radius 2 is 2.00 bits per heavy atom. The maximum atomic E-state index is 12.1. The van der Waals surface area contributed by atoms with Gasteiger partial charge in [0.15, 0.2) is 0 Å². The highest BCUT2D eigenvalue weighted by atomic mass is 79.9. The van der Waals surface area contributed by atoms with Gasteiger partial charge in [-0.2, -0.15) is 0 Å². The molecule has 24 heavy (non-hydrogen) atoms. The van der Waals surface area contributed by atoms with Crippen molar-refractivity contribution in [1.29, 1.82) is 0 Å². The number of aliphatic imine (C=N–C) groups is 1. The Morgan fingerprint density at radius 1 is 1.25 bits per heavy atom. The Kier molecular flexibility index (Phi) is 5.98. The molecule has 6 heteroatoms. The average molecular weight is 391 g/mol. The minimum Gasteiger partial charge on any atom is -0.507 e. The number of carbonyl (C=O) groups excluding carboxylic acids is 1. The number of benzene rings is 2. The number of hydrogen-bond acceptors (Lipinski definition) is 4. The van der Waals surface area contributed by atoms with E-state index in [0.717, 1.165) is 10.0 Å². The zero-order valence-electron chi connectivity index (χ0n) is 13.5. The number of phenols is 2. The van der Waals surface area contributed by atoms with Gasteiger partial charge in [0.25, 0.3) is 5.91 Å². The van der Waals surface area contributed by atoms with Crippen molar-refractivity contribution in [2.45, 2.75) is 19.9 Å². The molecule has 0 radical (unpaired) electrons. The normalized spacial score (nSPS) is 12.3. The molecule has 2 aromatic carbocycles. The summed E-state index contributed by atoms with van der Waals surface area (Å²) in [6.45, 7) is 4.01. The van der Waals surface area contributed by atoms with E-state index in [1.165, 1.54) is 0 Å². The van der Waals surface area contributed by atoms with E-state index in [4.69, 9.17) is 0 Å². The Morgan fingerprint density at radius 3 is 2.71 bits per heavy atom. The SMILES string of the molecule is Cc1ccc(C(=O)NCC(C)N=Cc2cc(Br)ccc2O)c(O)c1. The van der Waals surface area contributed by atoms with Crippen molar-refractivity contribution in [3.05, 3.63) is 57.6 Å². The van der Waals surface area contributed by atoms with Crippen LogP contribution in [0.5, 0.6) is 11.5 Å². The summed E-state index contributed by atoms with van der Waals surface area (Å²) in [5.41, 5.74) is 1.72. The molecule has 5 nitrogen and oxygen atoms in total. The lowest BCUT2D eigenvalue weighted by atomic mass is 10.1. The third kappa shape index (κ3) is 4.83. The maximum Gasteiger partial charge on any atom is 0.255 e. The van der Waals surface area contributed by atoms with Crippen LogP contribution < -0.4 is 5.32 Å². The molecule has 1 atom stereocenters. The molecule has 0 saturated carbocycles. The van der Waals surface area contributed by atoms with Gasteiger partial charge in [0.05, 0.1) is 11.6 Å². The quantitative estimate of drug-likeness (QED) is 0.684. The summed E-state index contributed by atoms with van der Waals surface area (Å²) >= 11 is 3.34. The topological polar surface area (TPSA) is 81.9 Å². The highest BCUT2D eigenvalue weighted by Crippen LogP contribution is 2.20. The summed E-state index contributed by atoms with van der Waals surface area (Å²) < 4.78 is 0.845. The molecule has 0 aliphatic heterocycles. The molecular weight excluding hydrogens is 372 g/mol. The molecule has 126 valence electrons. The van der Waals surface area contributed by atoms with Crippen LogP contribution in [-0.4, -0.2) is 34.9 Å². The van der Waals surface area contributed by atoms with Gasteiger partial charge in [-0.05, 0) is 49.7 Å². The van der Waals surface area contributed by atoms with E-state index in [1.54, 1.807) is 42.6 Å². The van der Waals surface area contributed by atoms with Crippen molar-refractivity contribution in [2.24, 2.45) is 4.99 Å². The van der Waals surface area contributed by atoms with Crippen LogP contribution in [0.15, 0.2) is 45.9 Å². The molecule has 2 aromatic rings. The molecule has 1 amide bonds. The van der Waals surface area contributed by atoms with Crippen LogP contribution in [0, 0.1) is 6.92 Å². The van der Waals surface area contributed by atoms with Gasteiger partial charge in [-0.1, -0.05) is 22.0 Å². The van der Waals surface area contributed by atoms with Crippen molar-refractivity contribution >= 4 is 28.1 Å². The third-order valence-corrected chi connectivity index (χ3v) is 3.91. The van der Waals surface area contributed by atoms with Crippen LogP contribution in [0.3, 0.4) is 0 Å². The Hall–Kier alpha value is -2.34. The first-order chi connectivity index (χ1) is 11.4. The third-order valence-electron chi connectivity index (χ3n) is 3.41. The average Bonchev–Trinajstić information content (AvgIpc) is 2.53. The number of nitrogens with zero attached hydrogens (tertiary/aromatic N) is 1. The molecule has 0 saturated heterocycles. The van der Waals surface area contributed by atoms with Crippen molar-refractivity contribution < 1.29 is 15.0 Å². The summed E-state index contributed by atoms with van der Waals surface area (Å²) in [6, 6.07) is 9.81. The number of halogens is 1. The van der Waals surface area contributed by atoms with Gasteiger partial charge < -0.3 is 15.5 Å². The molecule has 2 rings (SSSR count). The van der Waals surface area contributed by atoms with Crippen LogP contribution >= 0.6 is 15.9 Å². The number of carbonyl (C=O) groups is 1. The fraction of sp³-hybridized carbons (Fsp3) is 0.222. The van der Waals surface area contributed by atoms with E-state index in [2.05, 4.69) is 26.2 Å². The summed E-state index contributed by atoms with van der Waals surface area (Å²) in [7, 11) is 0. The molecule has 0 spiro atoms. The lowest BCUT2D eigenvalue weighted by Crippen LogP contribution is -2.30. The number of amides is 1. The van der Waals surface area contributed by atoms with E-state index in [-0.39, 0.29) is 29.0 Å². The van der Waals surface area contributed by atoms with Gasteiger partial charge >= 0.3 is 0 Å². The molecule has 0 aromatic heterocycles. The molecule has 1 unspecified atom stereocenters. The molecule has 0 aliphatic rings. The lowest BCUT2D eigenvalue weighted by molar-refractivity contribution is 0.0949. The Bertz CT molecular complexity index is 775. The highest BCUT2D eigenvalue weighted by Gasteiger charge is 2.11. The van der Waals surface area contributed by atoms with E-state index in [9.17, 15) is 15.0 Å². The molecule has 0 bridgehead atoms. The smallest absolute Gasteiger partial charge is 0.255 e. The van der Waals surface area contributed by atoms with Crippen LogP contribution in [0.2, 0.25) is 0 Å². The maximum absolute atomic E-state index is 12.1. The molecule has 0 fully saturated rings. The van der Waals surface area contributed by atoms with Gasteiger partial charge in [-0.3, -0.25) is 9.79 Å². The summed E-state index contributed by atoms with van der Waals surface area (Å²) in [4.78, 5) is 16.4. The Balaban J connectivity index is 1.95. The van der Waals surface area contributed by atoms with Crippen LogP contribution in [0.4, 0.5) is 0 Å². The minimum atomic E-state index is -0.347. The van der Waals surface area contributed by atoms with Crippen molar-refractivity contribution in [2.75, 3.05) is 6.54 Å². The van der Waals surface area contributed by atoms with Gasteiger partial charge in [0.2, 0.25) is 0 Å². The van der Waals surface area contributed by atoms with Crippen LogP contribution in [-0.2, 0) is 0 Å². The first-order valence-corrected chi connectivity index (χ1v) is 8.25. The summed E-state index contributed by atoms with van der Waals surface area (Å²) in [5, 5.41) is 22.3. The number of phenolic OH excluding ortho intramolecular Hbond substituents is 2. The predicted molar refractivity (Wildman–Crippen MR) is 98.0 cm³/mol. The van der Waals surface area contributed by atoms with Gasteiger partial charge in [-0.15, -0.1) is 0 Å². The monoisotopic (exact) mass is 390 g/mol. The summed E-state index contributed by atoms with van der Waals surface area (Å²) in [5.74, 6) is -0.245. The van der Waals surface area contributed by atoms with Gasteiger partial charge in [0.1, 0.15) is 11.5 Å².